The zero-order chi connectivity index (χ0) is 44.0. The van der Waals surface area contributed by atoms with E-state index in [1.807, 2.05) is 17.0 Å². The Kier molecular flexibility index (Phi) is 13.8. The number of methoxy groups -OCH3 is 1. The fraction of sp³-hybridized carbons (Fsp3) is 0.395. The number of likely N-dealkylation sites (tertiary alicyclic amines) is 1. The molecule has 0 aliphatic carbocycles. The minimum atomic E-state index is -4.51. The van der Waals surface area contributed by atoms with Crippen LogP contribution in [0.2, 0.25) is 0 Å². The largest absolute Gasteiger partial charge is 0.494 e. The van der Waals surface area contributed by atoms with Gasteiger partial charge in [0.15, 0.2) is 0 Å². The van der Waals surface area contributed by atoms with Crippen molar-refractivity contribution in [2.45, 2.75) is 50.2 Å². The van der Waals surface area contributed by atoms with E-state index in [1.54, 1.807) is 35.2 Å². The SMILES string of the molecule is CNC(=O)c1ccccc1Nc1nc(Nc2cc(CC(F)(F)F)c(N3CCN(C(=O)CN4CCC(c5ccc(NC6CCC(=O)NC6=O)cc5)CC4)CC3)cc2OC)ncc1Br. The van der Waals surface area contributed by atoms with Crippen LogP contribution < -0.4 is 36.2 Å². The molecule has 19 heteroatoms. The number of aromatic nitrogens is 2. The highest BCUT2D eigenvalue weighted by Gasteiger charge is 2.33. The van der Waals surface area contributed by atoms with E-state index in [0.29, 0.717) is 72.2 Å². The van der Waals surface area contributed by atoms with Gasteiger partial charge < -0.3 is 35.8 Å². The Morgan fingerprint density at radius 2 is 1.66 bits per heavy atom. The molecule has 4 aromatic rings. The van der Waals surface area contributed by atoms with E-state index in [0.717, 1.165) is 31.6 Å². The average molecular weight is 922 g/mol. The zero-order valence-corrected chi connectivity index (χ0v) is 35.9. The number of nitrogens with zero attached hydrogens (tertiary/aromatic N) is 5. The molecule has 4 amide bonds. The first-order valence-corrected chi connectivity index (χ1v) is 21.2. The van der Waals surface area contributed by atoms with E-state index >= 15 is 0 Å². The molecule has 0 saturated carbocycles. The van der Waals surface area contributed by atoms with Crippen LogP contribution in [0, 0.1) is 0 Å². The number of piperazine rings is 1. The number of amides is 4. The monoisotopic (exact) mass is 920 g/mol. The highest BCUT2D eigenvalue weighted by Crippen LogP contribution is 2.39. The molecule has 3 saturated heterocycles. The average Bonchev–Trinajstić information content (AvgIpc) is 3.26. The maximum Gasteiger partial charge on any atom is 0.393 e. The first-order chi connectivity index (χ1) is 29.8. The van der Waals surface area contributed by atoms with Crippen molar-refractivity contribution in [1.82, 2.24) is 30.4 Å². The molecule has 0 spiro atoms. The van der Waals surface area contributed by atoms with Crippen LogP contribution in [0.5, 0.6) is 5.75 Å². The van der Waals surface area contributed by atoms with Crippen molar-refractivity contribution < 1.29 is 37.1 Å². The van der Waals surface area contributed by atoms with Crippen LogP contribution in [0.3, 0.4) is 0 Å². The fourth-order valence-corrected chi connectivity index (χ4v) is 8.31. The number of piperidine rings is 2. The van der Waals surface area contributed by atoms with Gasteiger partial charge in [-0.2, -0.15) is 18.2 Å². The molecule has 0 radical (unpaired) electrons. The Bertz CT molecular complexity index is 2280. The summed E-state index contributed by atoms with van der Waals surface area (Å²) in [6.07, 6.45) is -1.69. The molecular weight excluding hydrogens is 873 g/mol. The Morgan fingerprint density at radius 3 is 2.34 bits per heavy atom. The van der Waals surface area contributed by atoms with Crippen LogP contribution in [0.1, 0.15) is 53.1 Å². The number of carbonyl (C=O) groups excluding carboxylic acids is 4. The minimum absolute atomic E-state index is 0.0138. The summed E-state index contributed by atoms with van der Waals surface area (Å²) in [5.41, 5.74) is 3.49. The highest BCUT2D eigenvalue weighted by molar-refractivity contribution is 9.10. The summed E-state index contributed by atoms with van der Waals surface area (Å²) < 4.78 is 48.3. The molecule has 0 bridgehead atoms. The Labute approximate surface area is 365 Å². The summed E-state index contributed by atoms with van der Waals surface area (Å²) in [7, 11) is 2.96. The summed E-state index contributed by atoms with van der Waals surface area (Å²) in [6, 6.07) is 17.4. The van der Waals surface area contributed by atoms with Crippen LogP contribution in [0.15, 0.2) is 71.3 Å². The number of ether oxygens (including phenoxy) is 1. The number of hydrogen-bond acceptors (Lipinski definition) is 12. The molecule has 3 fully saturated rings. The van der Waals surface area contributed by atoms with Crippen LogP contribution in [-0.2, 0) is 20.8 Å². The number of anilines is 6. The number of benzene rings is 3. The lowest BCUT2D eigenvalue weighted by Gasteiger charge is -2.39. The number of carbonyl (C=O) groups is 4. The van der Waals surface area contributed by atoms with Crippen molar-refractivity contribution in [2.24, 2.45) is 0 Å². The number of rotatable bonds is 13. The van der Waals surface area contributed by atoms with Crippen LogP contribution in [-0.4, -0.2) is 116 Å². The van der Waals surface area contributed by atoms with Gasteiger partial charge in [-0.15, -0.1) is 0 Å². The molecule has 1 unspecified atom stereocenters. The lowest BCUT2D eigenvalue weighted by atomic mass is 9.89. The molecule has 62 heavy (non-hydrogen) atoms. The Balaban J connectivity index is 0.953. The van der Waals surface area contributed by atoms with E-state index < -0.39 is 18.6 Å². The van der Waals surface area contributed by atoms with Gasteiger partial charge in [0.1, 0.15) is 17.6 Å². The Morgan fingerprint density at radius 1 is 0.935 bits per heavy atom. The number of imide groups is 1. The molecule has 4 heterocycles. The summed E-state index contributed by atoms with van der Waals surface area (Å²) in [4.78, 5) is 64.1. The van der Waals surface area contributed by atoms with Crippen LogP contribution in [0.25, 0.3) is 0 Å². The number of halogens is 4. The predicted molar refractivity (Wildman–Crippen MR) is 232 cm³/mol. The van der Waals surface area contributed by atoms with Gasteiger partial charge in [0, 0.05) is 63.3 Å². The second kappa shape index (κ2) is 19.4. The van der Waals surface area contributed by atoms with E-state index in [9.17, 15) is 32.3 Å². The maximum absolute atomic E-state index is 14.1. The van der Waals surface area contributed by atoms with Gasteiger partial charge in [0.05, 0.1) is 41.5 Å². The first kappa shape index (κ1) is 44.1. The third-order valence-corrected chi connectivity index (χ3v) is 11.9. The van der Waals surface area contributed by atoms with E-state index in [1.165, 1.54) is 32.0 Å². The van der Waals surface area contributed by atoms with E-state index in [4.69, 9.17) is 4.74 Å². The molecule has 1 aromatic heterocycles. The number of hydrogen-bond donors (Lipinski definition) is 5. The standard InChI is InChI=1S/C43H48BrF3N10O5/c1-48-40(60)30-5-3-4-6-32(30)51-39-31(44)24-49-42(54-39)52-34-21-28(23-43(45,46)47)35(22-36(34)62-2)56-17-19-57(20-18-56)38(59)25-55-15-13-27(14-16-55)26-7-9-29(10-8-26)50-33-11-12-37(58)53-41(33)61/h3-10,21-22,24,27,33,50H,11-20,23,25H2,1-2H3,(H,48,60)(H,53,58,61)(H2,49,51,52,54). The highest BCUT2D eigenvalue weighted by atomic mass is 79.9. The smallest absolute Gasteiger partial charge is 0.393 e. The normalized spacial score (nSPS) is 17.6. The molecule has 7 rings (SSSR count). The molecule has 3 aliphatic heterocycles. The molecule has 3 aliphatic rings. The summed E-state index contributed by atoms with van der Waals surface area (Å²) in [5, 5.41) is 14.3. The maximum atomic E-state index is 14.1. The molecule has 3 aromatic carbocycles. The summed E-state index contributed by atoms with van der Waals surface area (Å²) >= 11 is 3.43. The van der Waals surface area contributed by atoms with Crippen molar-refractivity contribution in [2.75, 3.05) is 80.8 Å². The second-order valence-corrected chi connectivity index (χ2v) is 16.3. The number of nitrogens with one attached hydrogen (secondary N) is 5. The van der Waals surface area contributed by atoms with Crippen molar-refractivity contribution in [3.63, 3.8) is 0 Å². The molecule has 5 N–H and O–H groups in total. The van der Waals surface area contributed by atoms with Crippen molar-refractivity contribution >= 4 is 74.1 Å². The van der Waals surface area contributed by atoms with E-state index in [-0.39, 0.29) is 53.1 Å². The first-order valence-electron chi connectivity index (χ1n) is 20.4. The summed E-state index contributed by atoms with van der Waals surface area (Å²) in [5.74, 6) is 0.115. The number of alkyl halides is 3. The molecule has 15 nitrogen and oxygen atoms in total. The molecule has 328 valence electrons. The van der Waals surface area contributed by atoms with Gasteiger partial charge in [-0.25, -0.2) is 4.98 Å². The van der Waals surface area contributed by atoms with Gasteiger partial charge in [0.25, 0.3) is 5.91 Å². The second-order valence-electron chi connectivity index (χ2n) is 15.4. The van der Waals surface area contributed by atoms with Crippen molar-refractivity contribution in [3.05, 3.63) is 88.0 Å². The van der Waals surface area contributed by atoms with Crippen molar-refractivity contribution in [3.8, 4) is 5.75 Å². The molecular formula is C43H48BrF3N10O5. The van der Waals surface area contributed by atoms with E-state index in [2.05, 4.69) is 69.5 Å². The molecule has 1 atom stereocenters. The minimum Gasteiger partial charge on any atom is -0.494 e. The van der Waals surface area contributed by atoms with Gasteiger partial charge in [0.2, 0.25) is 23.7 Å². The number of para-hydroxylation sites is 1. The van der Waals surface area contributed by atoms with Crippen LogP contribution in [0.4, 0.5) is 47.7 Å². The van der Waals surface area contributed by atoms with Gasteiger partial charge >= 0.3 is 6.18 Å². The lowest BCUT2D eigenvalue weighted by Crippen LogP contribution is -2.52. The zero-order valence-electron chi connectivity index (χ0n) is 34.3. The third-order valence-electron chi connectivity index (χ3n) is 11.3. The van der Waals surface area contributed by atoms with Gasteiger partial charge in [-0.3, -0.25) is 29.4 Å². The topological polar surface area (TPSA) is 173 Å². The quantitative estimate of drug-likeness (QED) is 0.100. The van der Waals surface area contributed by atoms with Gasteiger partial charge in [-0.05, 0) is 95.7 Å². The Hall–Kier alpha value is -5.95. The summed E-state index contributed by atoms with van der Waals surface area (Å²) in [6.45, 7) is 3.16. The van der Waals surface area contributed by atoms with Crippen LogP contribution >= 0.6 is 15.9 Å². The van der Waals surface area contributed by atoms with Crippen molar-refractivity contribution in [1.29, 1.82) is 0 Å². The van der Waals surface area contributed by atoms with Gasteiger partial charge in [-0.1, -0.05) is 24.3 Å². The fourth-order valence-electron chi connectivity index (χ4n) is 8.02. The third kappa shape index (κ3) is 10.9. The predicted octanol–water partition coefficient (Wildman–Crippen LogP) is 5.94. The lowest BCUT2D eigenvalue weighted by molar-refractivity contribution is -0.134.